The standard InChI is InChI=1S/C25H21ClF2N4O4/c1-14(34)19-11-31(21-6-5-17(30-13-33)8-18(19)21)12-23(35)32-10-16(27)7-22(32)25(36)29-9-15-3-2-4-20(26)24(15)28/h2-6,8,11,16,22H,7,9-10,12H2,1H3,(H,29,36)/t16-,22+/m1/s1. The van der Waals surface area contributed by atoms with Crippen LogP contribution in [0.15, 0.2) is 47.6 Å². The maximum absolute atomic E-state index is 14.3. The minimum absolute atomic E-state index is 0.0859. The number of amides is 2. The topological polar surface area (TPSA) is 101 Å². The van der Waals surface area contributed by atoms with Gasteiger partial charge in [0.05, 0.1) is 17.3 Å². The number of aliphatic imine (C=N–C) groups is 1. The average molecular weight is 515 g/mol. The molecule has 36 heavy (non-hydrogen) atoms. The van der Waals surface area contributed by atoms with Crippen molar-refractivity contribution in [2.45, 2.75) is 38.6 Å². The summed E-state index contributed by atoms with van der Waals surface area (Å²) in [4.78, 5) is 53.4. The maximum Gasteiger partial charge on any atom is 0.243 e. The van der Waals surface area contributed by atoms with Gasteiger partial charge < -0.3 is 14.8 Å². The third-order valence-corrected chi connectivity index (χ3v) is 6.37. The van der Waals surface area contributed by atoms with Crippen molar-refractivity contribution in [1.82, 2.24) is 14.8 Å². The number of isocyanates is 1. The van der Waals surface area contributed by atoms with Crippen LogP contribution < -0.4 is 5.32 Å². The summed E-state index contributed by atoms with van der Waals surface area (Å²) in [5.41, 5.74) is 1.32. The number of Topliss-reactive ketones (excluding diaryl/α,β-unsaturated/α-hetero) is 1. The van der Waals surface area contributed by atoms with E-state index >= 15 is 0 Å². The molecular weight excluding hydrogens is 494 g/mol. The third kappa shape index (κ3) is 5.05. The second kappa shape index (κ2) is 10.4. The molecule has 0 bridgehead atoms. The van der Waals surface area contributed by atoms with E-state index in [1.807, 2.05) is 0 Å². The maximum atomic E-state index is 14.3. The lowest BCUT2D eigenvalue weighted by Crippen LogP contribution is -2.46. The van der Waals surface area contributed by atoms with E-state index in [1.54, 1.807) is 12.1 Å². The quantitative estimate of drug-likeness (QED) is 0.294. The molecule has 3 aromatic rings. The summed E-state index contributed by atoms with van der Waals surface area (Å²) in [5.74, 6) is -2.05. The second-order valence-corrected chi connectivity index (χ2v) is 8.86. The van der Waals surface area contributed by atoms with Crippen LogP contribution in [0.3, 0.4) is 0 Å². The highest BCUT2D eigenvalue weighted by atomic mass is 35.5. The fourth-order valence-corrected chi connectivity index (χ4v) is 4.54. The monoisotopic (exact) mass is 514 g/mol. The predicted molar refractivity (Wildman–Crippen MR) is 128 cm³/mol. The van der Waals surface area contributed by atoms with E-state index in [-0.39, 0.29) is 42.4 Å². The van der Waals surface area contributed by atoms with Crippen molar-refractivity contribution >= 4 is 51.9 Å². The molecule has 4 rings (SSSR count). The fourth-order valence-electron chi connectivity index (χ4n) is 4.35. The predicted octanol–water partition coefficient (Wildman–Crippen LogP) is 3.86. The number of hydrogen-bond acceptors (Lipinski definition) is 5. The first kappa shape index (κ1) is 25.2. The van der Waals surface area contributed by atoms with Gasteiger partial charge in [0.2, 0.25) is 17.9 Å². The van der Waals surface area contributed by atoms with Crippen LogP contribution in [0.4, 0.5) is 14.5 Å². The molecule has 2 amide bonds. The van der Waals surface area contributed by atoms with Gasteiger partial charge >= 0.3 is 0 Å². The Hall–Kier alpha value is -3.88. The molecule has 0 saturated carbocycles. The van der Waals surface area contributed by atoms with Crippen molar-refractivity contribution in [3.63, 3.8) is 0 Å². The van der Waals surface area contributed by atoms with Gasteiger partial charge in [-0.3, -0.25) is 14.4 Å². The number of likely N-dealkylation sites (tertiary alicyclic amines) is 1. The summed E-state index contributed by atoms with van der Waals surface area (Å²) in [6.45, 7) is 0.684. The average Bonchev–Trinajstić information content (AvgIpc) is 3.41. The molecule has 0 aliphatic carbocycles. The van der Waals surface area contributed by atoms with Gasteiger partial charge in [-0.05, 0) is 31.2 Å². The lowest BCUT2D eigenvalue weighted by molar-refractivity contribution is -0.139. The molecule has 1 aromatic heterocycles. The smallest absolute Gasteiger partial charge is 0.243 e. The molecule has 1 aliphatic heterocycles. The van der Waals surface area contributed by atoms with E-state index < -0.39 is 29.8 Å². The summed E-state index contributed by atoms with van der Waals surface area (Å²) < 4.78 is 30.0. The number of rotatable bonds is 7. The summed E-state index contributed by atoms with van der Waals surface area (Å²) in [5, 5.41) is 2.96. The number of alkyl halides is 1. The minimum Gasteiger partial charge on any atom is -0.350 e. The Balaban J connectivity index is 1.54. The number of nitrogens with zero attached hydrogens (tertiary/aromatic N) is 3. The van der Waals surface area contributed by atoms with Gasteiger partial charge in [0.1, 0.15) is 24.6 Å². The fraction of sp³-hybridized carbons (Fsp3) is 0.280. The summed E-state index contributed by atoms with van der Waals surface area (Å²) in [6, 6.07) is 8.00. The molecule has 1 fully saturated rings. The van der Waals surface area contributed by atoms with E-state index in [1.165, 1.54) is 48.0 Å². The number of hydrogen-bond donors (Lipinski definition) is 1. The number of carbonyl (C=O) groups is 3. The van der Waals surface area contributed by atoms with Crippen molar-refractivity contribution in [1.29, 1.82) is 0 Å². The Kier molecular flexibility index (Phi) is 7.28. The number of benzene rings is 2. The van der Waals surface area contributed by atoms with Crippen LogP contribution in [0.25, 0.3) is 10.9 Å². The van der Waals surface area contributed by atoms with Gasteiger partial charge in [-0.15, -0.1) is 0 Å². The van der Waals surface area contributed by atoms with Gasteiger partial charge in [0, 0.05) is 41.2 Å². The summed E-state index contributed by atoms with van der Waals surface area (Å²) >= 11 is 5.77. The van der Waals surface area contributed by atoms with Crippen molar-refractivity contribution in [2.75, 3.05) is 6.54 Å². The molecule has 1 N–H and O–H groups in total. The van der Waals surface area contributed by atoms with E-state index in [4.69, 9.17) is 11.6 Å². The zero-order valence-corrected chi connectivity index (χ0v) is 19.9. The molecule has 0 unspecified atom stereocenters. The highest BCUT2D eigenvalue weighted by Gasteiger charge is 2.39. The number of carbonyl (C=O) groups excluding carboxylic acids is 4. The lowest BCUT2D eigenvalue weighted by Gasteiger charge is -2.24. The van der Waals surface area contributed by atoms with Crippen LogP contribution in [0.5, 0.6) is 0 Å². The number of aromatic nitrogens is 1. The molecule has 186 valence electrons. The van der Waals surface area contributed by atoms with Gasteiger partial charge in [0.25, 0.3) is 0 Å². The lowest BCUT2D eigenvalue weighted by atomic mass is 10.1. The van der Waals surface area contributed by atoms with Crippen molar-refractivity contribution in [3.8, 4) is 0 Å². The Labute approximate surface area is 209 Å². The largest absolute Gasteiger partial charge is 0.350 e. The number of halogens is 3. The molecule has 2 atom stereocenters. The number of ketones is 1. The van der Waals surface area contributed by atoms with Gasteiger partial charge in [-0.2, -0.15) is 4.99 Å². The minimum atomic E-state index is -1.40. The first-order valence-electron chi connectivity index (χ1n) is 11.1. The van der Waals surface area contributed by atoms with E-state index in [2.05, 4.69) is 10.3 Å². The molecule has 1 aliphatic rings. The number of fused-ring (bicyclic) bond motifs is 1. The SMILES string of the molecule is CC(=O)c1cn(CC(=O)N2C[C@H](F)C[C@H]2C(=O)NCc2cccc(Cl)c2F)c2ccc(N=C=O)cc12. The van der Waals surface area contributed by atoms with Crippen LogP contribution in [0.1, 0.15) is 29.3 Å². The molecule has 2 heterocycles. The van der Waals surface area contributed by atoms with Crippen molar-refractivity contribution < 1.29 is 28.0 Å². The summed E-state index contributed by atoms with van der Waals surface area (Å²) in [6.07, 6.45) is 1.36. The van der Waals surface area contributed by atoms with Crippen molar-refractivity contribution in [2.24, 2.45) is 4.99 Å². The van der Waals surface area contributed by atoms with E-state index in [9.17, 15) is 28.0 Å². The normalized spacial score (nSPS) is 17.2. The summed E-state index contributed by atoms with van der Waals surface area (Å²) in [7, 11) is 0. The van der Waals surface area contributed by atoms with E-state index in [0.717, 1.165) is 4.90 Å². The first-order chi connectivity index (χ1) is 17.2. The van der Waals surface area contributed by atoms with Gasteiger partial charge in [-0.1, -0.05) is 23.7 Å². The molecule has 1 saturated heterocycles. The highest BCUT2D eigenvalue weighted by molar-refractivity contribution is 6.30. The third-order valence-electron chi connectivity index (χ3n) is 6.08. The van der Waals surface area contributed by atoms with Crippen LogP contribution in [0, 0.1) is 5.82 Å². The molecular formula is C25H21ClF2N4O4. The van der Waals surface area contributed by atoms with Crippen LogP contribution in [0.2, 0.25) is 5.02 Å². The van der Waals surface area contributed by atoms with Gasteiger partial charge in [0.15, 0.2) is 5.78 Å². The van der Waals surface area contributed by atoms with Crippen molar-refractivity contribution in [3.05, 3.63) is 64.6 Å². The Bertz CT molecular complexity index is 1420. The zero-order chi connectivity index (χ0) is 26.0. The zero-order valence-electron chi connectivity index (χ0n) is 19.1. The highest BCUT2D eigenvalue weighted by Crippen LogP contribution is 2.28. The Morgan fingerprint density at radius 1 is 1.25 bits per heavy atom. The van der Waals surface area contributed by atoms with Crippen LogP contribution >= 0.6 is 11.6 Å². The second-order valence-electron chi connectivity index (χ2n) is 8.46. The first-order valence-corrected chi connectivity index (χ1v) is 11.4. The Morgan fingerprint density at radius 3 is 2.75 bits per heavy atom. The molecule has 0 spiro atoms. The van der Waals surface area contributed by atoms with Crippen LogP contribution in [-0.2, 0) is 27.5 Å². The molecule has 11 heteroatoms. The molecule has 8 nitrogen and oxygen atoms in total. The number of nitrogens with one attached hydrogen (secondary N) is 1. The van der Waals surface area contributed by atoms with Gasteiger partial charge in [-0.25, -0.2) is 13.6 Å². The molecule has 2 aromatic carbocycles. The molecule has 0 radical (unpaired) electrons. The van der Waals surface area contributed by atoms with Crippen LogP contribution in [-0.4, -0.2) is 51.9 Å². The van der Waals surface area contributed by atoms with E-state index in [0.29, 0.717) is 22.2 Å². The Morgan fingerprint density at radius 2 is 2.03 bits per heavy atom.